The standard InChI is InChI=1S/C47H60ClN3O7/c1-6-12-32(44(55)42(53)18-11-16-33-28-49-39-20-19-36(57-5)25-37(33)39)23-43(54)41-27-47(26-40(50-58-47)31-15-10-17-34(48)22-31)29-51(41)45(56)38(46(2,3)4)24-35(52)21-30-13-8-7-9-14-30/h10,15,17,19-20,22,25,28,30,32,38,41,49H,6-9,11-14,16,18,21,23-24,26-27,29H2,1-5H3/t32-,38-,41+,47-/m1/s1. The van der Waals surface area contributed by atoms with E-state index in [9.17, 15) is 24.0 Å². The summed E-state index contributed by atoms with van der Waals surface area (Å²) in [6.45, 7) is 7.95. The molecule has 1 saturated heterocycles. The molecule has 10 nitrogen and oxygen atoms in total. The number of Topliss-reactive ketones (excluding diaryl/α,β-unsaturated/α-hetero) is 4. The number of nitrogens with one attached hydrogen (secondary N) is 1. The maximum atomic E-state index is 14.8. The molecule has 11 heteroatoms. The van der Waals surface area contributed by atoms with Crippen LogP contribution in [0.15, 0.2) is 53.8 Å². The minimum absolute atomic E-state index is 0.0701. The van der Waals surface area contributed by atoms with Gasteiger partial charge >= 0.3 is 0 Å². The van der Waals surface area contributed by atoms with E-state index in [0.717, 1.165) is 53.5 Å². The zero-order chi connectivity index (χ0) is 41.6. The van der Waals surface area contributed by atoms with Gasteiger partial charge in [-0.2, -0.15) is 0 Å². The van der Waals surface area contributed by atoms with Gasteiger partial charge in [-0.25, -0.2) is 0 Å². The Morgan fingerprint density at radius 2 is 1.83 bits per heavy atom. The number of benzene rings is 2. The van der Waals surface area contributed by atoms with Crippen LogP contribution in [-0.2, 0) is 35.2 Å². The van der Waals surface area contributed by atoms with Crippen LogP contribution < -0.4 is 4.74 Å². The van der Waals surface area contributed by atoms with Gasteiger partial charge in [-0.3, -0.25) is 24.0 Å². The molecule has 0 unspecified atom stereocenters. The molecular formula is C47H60ClN3O7. The number of methoxy groups -OCH3 is 1. The van der Waals surface area contributed by atoms with E-state index in [1.165, 1.54) is 6.42 Å². The Bertz CT molecular complexity index is 2020. The summed E-state index contributed by atoms with van der Waals surface area (Å²) in [5.41, 5.74) is 1.96. The molecule has 1 saturated carbocycles. The van der Waals surface area contributed by atoms with E-state index in [2.05, 4.69) is 10.1 Å². The van der Waals surface area contributed by atoms with E-state index >= 15 is 0 Å². The lowest BCUT2D eigenvalue weighted by molar-refractivity contribution is -0.147. The van der Waals surface area contributed by atoms with Gasteiger partial charge in [0.1, 0.15) is 11.5 Å². The van der Waals surface area contributed by atoms with Crippen molar-refractivity contribution in [2.45, 2.75) is 136 Å². The Balaban J connectivity index is 1.18. The van der Waals surface area contributed by atoms with Crippen molar-refractivity contribution < 1.29 is 33.5 Å². The number of aromatic nitrogens is 1. The van der Waals surface area contributed by atoms with Crippen LogP contribution in [0.4, 0.5) is 0 Å². The summed E-state index contributed by atoms with van der Waals surface area (Å²) in [5, 5.41) is 6.01. The van der Waals surface area contributed by atoms with Gasteiger partial charge in [-0.05, 0) is 66.5 Å². The number of rotatable bonds is 18. The number of carbonyl (C=O) groups is 5. The molecule has 0 bridgehead atoms. The lowest BCUT2D eigenvalue weighted by Gasteiger charge is -2.35. The van der Waals surface area contributed by atoms with Crippen LogP contribution in [0.5, 0.6) is 5.75 Å². The van der Waals surface area contributed by atoms with Crippen LogP contribution >= 0.6 is 11.6 Å². The quantitative estimate of drug-likeness (QED) is 0.127. The molecule has 3 aliphatic rings. The summed E-state index contributed by atoms with van der Waals surface area (Å²) < 4.78 is 5.39. The number of hydrogen-bond donors (Lipinski definition) is 1. The number of carbonyl (C=O) groups excluding carboxylic acids is 5. The smallest absolute Gasteiger partial charge is 0.227 e. The number of ether oxygens (including phenoxy) is 1. The number of nitrogens with zero attached hydrogens (tertiary/aromatic N) is 2. The third-order valence-electron chi connectivity index (χ3n) is 12.6. The number of ketones is 4. The van der Waals surface area contributed by atoms with Crippen molar-refractivity contribution in [2.75, 3.05) is 13.7 Å². The molecule has 2 fully saturated rings. The van der Waals surface area contributed by atoms with Crippen molar-refractivity contribution in [3.8, 4) is 5.75 Å². The normalized spacial score (nSPS) is 20.8. The predicted molar refractivity (Wildman–Crippen MR) is 226 cm³/mol. The van der Waals surface area contributed by atoms with Crippen molar-refractivity contribution in [3.63, 3.8) is 0 Å². The number of amides is 1. The van der Waals surface area contributed by atoms with E-state index in [1.54, 1.807) is 18.1 Å². The molecule has 58 heavy (non-hydrogen) atoms. The molecule has 312 valence electrons. The highest BCUT2D eigenvalue weighted by Gasteiger charge is 2.55. The molecule has 1 aromatic heterocycles. The molecule has 1 amide bonds. The minimum atomic E-state index is -0.964. The summed E-state index contributed by atoms with van der Waals surface area (Å²) in [5.74, 6) is -1.84. The van der Waals surface area contributed by atoms with Gasteiger partial charge < -0.3 is 19.5 Å². The zero-order valence-corrected chi connectivity index (χ0v) is 35.6. The molecule has 0 radical (unpaired) electrons. The van der Waals surface area contributed by atoms with Crippen molar-refractivity contribution in [1.29, 1.82) is 0 Å². The van der Waals surface area contributed by atoms with Gasteiger partial charge in [-0.1, -0.05) is 95.1 Å². The largest absolute Gasteiger partial charge is 0.497 e. The van der Waals surface area contributed by atoms with Crippen LogP contribution in [0.1, 0.15) is 129 Å². The van der Waals surface area contributed by atoms with Gasteiger partial charge in [0.25, 0.3) is 0 Å². The number of halogens is 1. The van der Waals surface area contributed by atoms with Crippen molar-refractivity contribution in [1.82, 2.24) is 9.88 Å². The second-order valence-electron chi connectivity index (χ2n) is 18.1. The van der Waals surface area contributed by atoms with E-state index < -0.39 is 40.5 Å². The van der Waals surface area contributed by atoms with Crippen LogP contribution in [-0.4, -0.2) is 69.9 Å². The van der Waals surface area contributed by atoms with Crippen LogP contribution in [0.25, 0.3) is 10.9 Å². The fourth-order valence-corrected chi connectivity index (χ4v) is 9.52. The fourth-order valence-electron chi connectivity index (χ4n) is 9.33. The number of H-pyrrole nitrogens is 1. The molecule has 1 N–H and O–H groups in total. The number of hydrogen-bond acceptors (Lipinski definition) is 8. The van der Waals surface area contributed by atoms with Crippen LogP contribution in [0.2, 0.25) is 5.02 Å². The van der Waals surface area contributed by atoms with Gasteiger partial charge in [0, 0.05) is 78.0 Å². The number of likely N-dealkylation sites (tertiary alicyclic amines) is 1. The predicted octanol–water partition coefficient (Wildman–Crippen LogP) is 9.42. The molecule has 3 aromatic rings. The van der Waals surface area contributed by atoms with Crippen LogP contribution in [0, 0.1) is 23.2 Å². The maximum absolute atomic E-state index is 14.8. The summed E-state index contributed by atoms with van der Waals surface area (Å²) in [7, 11) is 1.62. The molecule has 2 aliphatic heterocycles. The Labute approximate surface area is 347 Å². The summed E-state index contributed by atoms with van der Waals surface area (Å²) >= 11 is 6.31. The highest BCUT2D eigenvalue weighted by atomic mass is 35.5. The lowest BCUT2D eigenvalue weighted by Crippen LogP contribution is -2.48. The third kappa shape index (κ3) is 10.3. The Kier molecular flexibility index (Phi) is 14.0. The van der Waals surface area contributed by atoms with E-state index in [-0.39, 0.29) is 49.7 Å². The fraction of sp³-hybridized carbons (Fsp3) is 0.574. The summed E-state index contributed by atoms with van der Waals surface area (Å²) in [4.78, 5) is 81.3. The SMILES string of the molecule is CCC[C@H](CC(=O)[C@@H]1C[C@]2(CC(c3cccc(Cl)c3)=NO2)CN1C(=O)[C@@H](CC(=O)CC1CCCCC1)C(C)(C)C)C(=O)C(=O)CCCc1c[nH]c2ccc(OC)cc12. The van der Waals surface area contributed by atoms with Gasteiger partial charge in [0.15, 0.2) is 17.2 Å². The first-order valence-electron chi connectivity index (χ1n) is 21.3. The number of aromatic amines is 1. The average molecular weight is 814 g/mol. The van der Waals surface area contributed by atoms with E-state index in [4.69, 9.17) is 21.2 Å². The second kappa shape index (κ2) is 18.7. The molecule has 6 rings (SSSR count). The minimum Gasteiger partial charge on any atom is -0.497 e. The summed E-state index contributed by atoms with van der Waals surface area (Å²) in [6, 6.07) is 12.2. The molecule has 1 spiro atoms. The van der Waals surface area contributed by atoms with Gasteiger partial charge in [0.05, 0.1) is 25.4 Å². The number of fused-ring (bicyclic) bond motifs is 1. The highest BCUT2D eigenvalue weighted by molar-refractivity contribution is 6.38. The van der Waals surface area contributed by atoms with E-state index in [0.29, 0.717) is 55.2 Å². The Morgan fingerprint density at radius 3 is 2.53 bits per heavy atom. The van der Waals surface area contributed by atoms with Crippen molar-refractivity contribution in [3.05, 3.63) is 64.8 Å². The molecule has 1 aliphatic carbocycles. The molecule has 3 heterocycles. The average Bonchev–Trinajstić information content (AvgIpc) is 3.92. The molecular weight excluding hydrogens is 754 g/mol. The van der Waals surface area contributed by atoms with Crippen molar-refractivity contribution >= 4 is 57.3 Å². The zero-order valence-electron chi connectivity index (χ0n) is 34.9. The topological polar surface area (TPSA) is 135 Å². The number of oxime groups is 1. The summed E-state index contributed by atoms with van der Waals surface area (Å²) in [6.07, 6.45) is 10.6. The van der Waals surface area contributed by atoms with Gasteiger partial charge in [0.2, 0.25) is 11.7 Å². The first-order valence-corrected chi connectivity index (χ1v) is 21.6. The Morgan fingerprint density at radius 1 is 1.05 bits per heavy atom. The maximum Gasteiger partial charge on any atom is 0.227 e. The van der Waals surface area contributed by atoms with Crippen LogP contribution in [0.3, 0.4) is 0 Å². The lowest BCUT2D eigenvalue weighted by atomic mass is 9.75. The first kappa shape index (κ1) is 43.3. The molecule has 4 atom stereocenters. The number of aryl methyl sites for hydroxylation is 1. The third-order valence-corrected chi connectivity index (χ3v) is 12.9. The van der Waals surface area contributed by atoms with E-state index in [1.807, 2.05) is 70.3 Å². The van der Waals surface area contributed by atoms with Gasteiger partial charge in [-0.15, -0.1) is 0 Å². The molecule has 2 aromatic carbocycles. The van der Waals surface area contributed by atoms with Crippen molar-refractivity contribution in [2.24, 2.45) is 28.3 Å². The Hall–Kier alpha value is -4.31. The first-order chi connectivity index (χ1) is 27.7. The highest BCUT2D eigenvalue weighted by Crippen LogP contribution is 2.43. The second-order valence-corrected chi connectivity index (χ2v) is 18.5. The monoisotopic (exact) mass is 813 g/mol.